The number of hydrogen-bond acceptors (Lipinski definition) is 3. The van der Waals surface area contributed by atoms with E-state index in [1.165, 1.54) is 18.6 Å². The molecule has 1 aromatic heterocycles. The van der Waals surface area contributed by atoms with Gasteiger partial charge < -0.3 is 4.42 Å². The molecule has 0 radical (unpaired) electrons. The highest BCUT2D eigenvalue weighted by Crippen LogP contribution is 1.93. The van der Waals surface area contributed by atoms with Crippen LogP contribution in [0.25, 0.3) is 0 Å². The lowest BCUT2D eigenvalue weighted by Gasteiger charge is -1.81. The third kappa shape index (κ3) is 0.924. The normalized spacial score (nSPS) is 9.12. The molecule has 3 heteroatoms. The number of rotatable bonds is 0. The molecule has 1 rings (SSSR count). The molecule has 0 aliphatic heterocycles. The monoisotopic (exact) mass is 128 g/mol. The lowest BCUT2D eigenvalue weighted by atomic mass is 10.5. The van der Waals surface area contributed by atoms with E-state index in [9.17, 15) is 4.79 Å². The molecule has 0 bridgehead atoms. The van der Waals surface area contributed by atoms with E-state index in [1.807, 2.05) is 0 Å². The molecule has 0 fully saturated rings. The van der Waals surface area contributed by atoms with Crippen LogP contribution in [0.1, 0.15) is 0 Å². The summed E-state index contributed by atoms with van der Waals surface area (Å²) in [5.41, 5.74) is -0.111. The summed E-state index contributed by atoms with van der Waals surface area (Å²) in [7, 11) is 0. The van der Waals surface area contributed by atoms with Crippen LogP contribution in [0.5, 0.6) is 0 Å². The highest BCUT2D eigenvalue weighted by molar-refractivity contribution is 7.80. The minimum absolute atomic E-state index is 0.111. The van der Waals surface area contributed by atoms with Crippen LogP contribution in [0.4, 0.5) is 0 Å². The topological polar surface area (TPSA) is 30.2 Å². The number of thiol groups is 1. The first kappa shape index (κ1) is 5.44. The minimum Gasteiger partial charge on any atom is -0.471 e. The van der Waals surface area contributed by atoms with Crippen LogP contribution < -0.4 is 5.43 Å². The SMILES string of the molecule is O=c1ccocc1S. The van der Waals surface area contributed by atoms with Gasteiger partial charge in [-0.15, -0.1) is 12.6 Å². The average molecular weight is 128 g/mol. The van der Waals surface area contributed by atoms with Crippen LogP contribution >= 0.6 is 12.6 Å². The fourth-order valence-electron chi connectivity index (χ4n) is 0.348. The summed E-state index contributed by atoms with van der Waals surface area (Å²) < 4.78 is 4.61. The van der Waals surface area contributed by atoms with Crippen LogP contribution in [0.15, 0.2) is 32.7 Å². The maximum Gasteiger partial charge on any atom is 0.198 e. The molecule has 0 N–H and O–H groups in total. The zero-order chi connectivity index (χ0) is 5.98. The lowest BCUT2D eigenvalue weighted by molar-refractivity contribution is 0.534. The predicted octanol–water partition coefficient (Wildman–Crippen LogP) is 0.928. The van der Waals surface area contributed by atoms with Crippen molar-refractivity contribution in [2.24, 2.45) is 0 Å². The van der Waals surface area contributed by atoms with Gasteiger partial charge in [-0.2, -0.15) is 0 Å². The molecule has 0 atom stereocenters. The second kappa shape index (κ2) is 2.05. The van der Waals surface area contributed by atoms with Gasteiger partial charge in [0.25, 0.3) is 0 Å². The van der Waals surface area contributed by atoms with Gasteiger partial charge in [-0.1, -0.05) is 0 Å². The summed E-state index contributed by atoms with van der Waals surface area (Å²) in [6.07, 6.45) is 2.62. The average Bonchev–Trinajstić information content (AvgIpc) is 1.77. The summed E-state index contributed by atoms with van der Waals surface area (Å²) in [6.45, 7) is 0. The van der Waals surface area contributed by atoms with Crippen molar-refractivity contribution >= 4 is 12.6 Å². The summed E-state index contributed by atoms with van der Waals surface area (Å²) in [5, 5.41) is 0. The van der Waals surface area contributed by atoms with Gasteiger partial charge in [0.1, 0.15) is 6.26 Å². The quantitative estimate of drug-likeness (QED) is 0.527. The van der Waals surface area contributed by atoms with Crippen LogP contribution in [0.3, 0.4) is 0 Å². The van der Waals surface area contributed by atoms with Gasteiger partial charge in [-0.05, 0) is 0 Å². The maximum atomic E-state index is 10.5. The Hall–Kier alpha value is -0.700. The van der Waals surface area contributed by atoms with Gasteiger partial charge in [0, 0.05) is 6.07 Å². The van der Waals surface area contributed by atoms with Gasteiger partial charge in [0.15, 0.2) is 5.43 Å². The first-order valence-electron chi connectivity index (χ1n) is 2.06. The maximum absolute atomic E-state index is 10.5. The highest BCUT2D eigenvalue weighted by Gasteiger charge is 1.87. The van der Waals surface area contributed by atoms with Gasteiger partial charge in [0.05, 0.1) is 11.2 Å². The smallest absolute Gasteiger partial charge is 0.198 e. The summed E-state index contributed by atoms with van der Waals surface area (Å²) >= 11 is 3.79. The van der Waals surface area contributed by atoms with E-state index >= 15 is 0 Å². The van der Waals surface area contributed by atoms with Gasteiger partial charge in [0.2, 0.25) is 0 Å². The summed E-state index contributed by atoms with van der Waals surface area (Å²) in [4.78, 5) is 10.8. The Morgan fingerprint density at radius 1 is 1.62 bits per heavy atom. The van der Waals surface area contributed by atoms with Crippen LogP contribution in [0.2, 0.25) is 0 Å². The second-order valence-corrected chi connectivity index (χ2v) is 1.79. The van der Waals surface area contributed by atoms with E-state index in [-0.39, 0.29) is 5.43 Å². The molecule has 0 aromatic carbocycles. The predicted molar refractivity (Wildman–Crippen MR) is 32.2 cm³/mol. The Kier molecular flexibility index (Phi) is 1.39. The Morgan fingerprint density at radius 3 is 2.75 bits per heavy atom. The van der Waals surface area contributed by atoms with E-state index in [4.69, 9.17) is 0 Å². The summed E-state index contributed by atoms with van der Waals surface area (Å²) in [6, 6.07) is 1.32. The number of hydrogen-bond donors (Lipinski definition) is 1. The molecule has 8 heavy (non-hydrogen) atoms. The standard InChI is InChI=1S/C5H4O2S/c6-4-1-2-7-3-5(4)8/h1-3,8H. The Balaban J connectivity index is 3.35. The van der Waals surface area contributed by atoms with Crippen molar-refractivity contribution in [1.29, 1.82) is 0 Å². The minimum atomic E-state index is -0.111. The van der Waals surface area contributed by atoms with E-state index in [0.717, 1.165) is 0 Å². The Labute approximate surface area is 51.6 Å². The van der Waals surface area contributed by atoms with Crippen LogP contribution in [0, 0.1) is 0 Å². The molecule has 0 aliphatic carbocycles. The zero-order valence-corrected chi connectivity index (χ0v) is 4.89. The molecule has 0 spiro atoms. The van der Waals surface area contributed by atoms with Crippen molar-refractivity contribution in [3.63, 3.8) is 0 Å². The fraction of sp³-hybridized carbons (Fsp3) is 0. The Morgan fingerprint density at radius 2 is 2.38 bits per heavy atom. The molecule has 42 valence electrons. The molecule has 0 aliphatic rings. The van der Waals surface area contributed by atoms with Crippen LogP contribution in [-0.4, -0.2) is 0 Å². The largest absolute Gasteiger partial charge is 0.471 e. The molecule has 0 amide bonds. The van der Waals surface area contributed by atoms with E-state index in [1.54, 1.807) is 0 Å². The molecule has 1 aromatic rings. The molecule has 2 nitrogen and oxygen atoms in total. The van der Waals surface area contributed by atoms with Crippen LogP contribution in [-0.2, 0) is 0 Å². The Bertz CT molecular complexity index is 228. The third-order valence-electron chi connectivity index (χ3n) is 0.730. The third-order valence-corrected chi connectivity index (χ3v) is 1.06. The van der Waals surface area contributed by atoms with Gasteiger partial charge in [-0.25, -0.2) is 0 Å². The molecule has 0 unspecified atom stereocenters. The van der Waals surface area contributed by atoms with Crippen molar-refractivity contribution in [2.75, 3.05) is 0 Å². The molecule has 0 saturated heterocycles. The molecule has 1 heterocycles. The van der Waals surface area contributed by atoms with E-state index in [0.29, 0.717) is 4.90 Å². The fourth-order valence-corrected chi connectivity index (χ4v) is 0.484. The van der Waals surface area contributed by atoms with Crippen molar-refractivity contribution in [3.8, 4) is 0 Å². The highest BCUT2D eigenvalue weighted by atomic mass is 32.1. The summed E-state index contributed by atoms with van der Waals surface area (Å²) in [5.74, 6) is 0. The van der Waals surface area contributed by atoms with Crippen molar-refractivity contribution < 1.29 is 4.42 Å². The van der Waals surface area contributed by atoms with Crippen molar-refractivity contribution in [2.45, 2.75) is 4.90 Å². The molecule has 0 saturated carbocycles. The first-order valence-corrected chi connectivity index (χ1v) is 2.51. The van der Waals surface area contributed by atoms with Crippen molar-refractivity contribution in [1.82, 2.24) is 0 Å². The molecular formula is C5H4O2S. The zero-order valence-electron chi connectivity index (χ0n) is 4.00. The van der Waals surface area contributed by atoms with E-state index in [2.05, 4.69) is 17.0 Å². The second-order valence-electron chi connectivity index (χ2n) is 1.31. The van der Waals surface area contributed by atoms with Gasteiger partial charge in [-0.3, -0.25) is 4.79 Å². The van der Waals surface area contributed by atoms with Crippen molar-refractivity contribution in [3.05, 3.63) is 28.8 Å². The van der Waals surface area contributed by atoms with Gasteiger partial charge >= 0.3 is 0 Å². The van der Waals surface area contributed by atoms with E-state index < -0.39 is 0 Å². The first-order chi connectivity index (χ1) is 3.80. The molecular weight excluding hydrogens is 124 g/mol. The lowest BCUT2D eigenvalue weighted by Crippen LogP contribution is -1.96.